The molecule has 2 aromatic carbocycles. The van der Waals surface area contributed by atoms with Crippen molar-refractivity contribution in [3.05, 3.63) is 82.9 Å². The lowest BCUT2D eigenvalue weighted by Gasteiger charge is -2.26. The number of aliphatic hydroxyl groups is 2. The SMILES string of the molecule is OCC1CCC(c2nc3c(cnc4[nH]cc(C(O)c5ccc(Oc6ccccc6)cc5Cl)c43)[nH]2)CO1. The first-order valence-electron chi connectivity index (χ1n) is 11.9. The molecule has 0 bridgehead atoms. The minimum atomic E-state index is -0.993. The summed E-state index contributed by atoms with van der Waals surface area (Å²) in [5, 5.41) is 21.8. The Hall–Kier alpha value is -3.43. The van der Waals surface area contributed by atoms with Crippen molar-refractivity contribution in [1.29, 1.82) is 0 Å². The number of aromatic nitrogens is 4. The highest BCUT2D eigenvalue weighted by molar-refractivity contribution is 6.31. The highest BCUT2D eigenvalue weighted by atomic mass is 35.5. The van der Waals surface area contributed by atoms with Crippen LogP contribution in [0.1, 0.15) is 41.8 Å². The second kappa shape index (κ2) is 9.55. The van der Waals surface area contributed by atoms with E-state index in [1.54, 1.807) is 30.6 Å². The van der Waals surface area contributed by atoms with Gasteiger partial charge in [-0.3, -0.25) is 0 Å². The second-order valence-corrected chi connectivity index (χ2v) is 9.43. The summed E-state index contributed by atoms with van der Waals surface area (Å²) >= 11 is 6.59. The number of hydrogen-bond donors (Lipinski definition) is 4. The molecule has 3 unspecified atom stereocenters. The fourth-order valence-corrected chi connectivity index (χ4v) is 5.03. The summed E-state index contributed by atoms with van der Waals surface area (Å²) in [5.74, 6) is 2.21. The molecule has 184 valence electrons. The van der Waals surface area contributed by atoms with Crippen LogP contribution < -0.4 is 4.74 Å². The molecule has 9 heteroatoms. The Balaban J connectivity index is 1.32. The summed E-state index contributed by atoms with van der Waals surface area (Å²) in [6, 6.07) is 14.7. The highest BCUT2D eigenvalue weighted by Gasteiger charge is 2.27. The number of H-pyrrole nitrogens is 2. The number of halogens is 1. The van der Waals surface area contributed by atoms with Crippen LogP contribution in [0.4, 0.5) is 0 Å². The van der Waals surface area contributed by atoms with Gasteiger partial charge < -0.3 is 29.7 Å². The zero-order valence-corrected chi connectivity index (χ0v) is 20.1. The van der Waals surface area contributed by atoms with Crippen LogP contribution in [0.5, 0.6) is 11.5 Å². The van der Waals surface area contributed by atoms with Crippen molar-refractivity contribution in [2.24, 2.45) is 0 Å². The van der Waals surface area contributed by atoms with Gasteiger partial charge in [-0.15, -0.1) is 0 Å². The van der Waals surface area contributed by atoms with E-state index in [-0.39, 0.29) is 18.6 Å². The standard InChI is InChI=1S/C27H25ClN4O4/c28-21-10-17(36-16-4-2-1-3-5-16)8-9-19(21)25(34)20-11-29-27-23(20)24-22(12-30-27)31-26(32-24)15-6-7-18(13-33)35-14-15/h1-5,8-12,15,18,25,33-34H,6-7,13-14H2,(H,29,30)(H,31,32). The zero-order chi connectivity index (χ0) is 24.6. The van der Waals surface area contributed by atoms with Gasteiger partial charge in [0, 0.05) is 23.2 Å². The summed E-state index contributed by atoms with van der Waals surface area (Å²) in [4.78, 5) is 15.9. The Kier molecular flexibility index (Phi) is 6.10. The van der Waals surface area contributed by atoms with E-state index < -0.39 is 6.10 Å². The number of fused-ring (bicyclic) bond motifs is 3. The van der Waals surface area contributed by atoms with E-state index >= 15 is 0 Å². The third-order valence-corrected chi connectivity index (χ3v) is 7.03. The molecule has 0 aliphatic carbocycles. The fraction of sp³-hybridized carbons (Fsp3) is 0.259. The Morgan fingerprint density at radius 3 is 2.72 bits per heavy atom. The van der Waals surface area contributed by atoms with Gasteiger partial charge in [0.2, 0.25) is 0 Å². The smallest absolute Gasteiger partial charge is 0.139 e. The first kappa shape index (κ1) is 23.0. The zero-order valence-electron chi connectivity index (χ0n) is 19.3. The maximum Gasteiger partial charge on any atom is 0.139 e. The van der Waals surface area contributed by atoms with Crippen LogP contribution in [0.2, 0.25) is 5.02 Å². The van der Waals surface area contributed by atoms with Gasteiger partial charge in [-0.05, 0) is 37.1 Å². The number of pyridine rings is 1. The number of hydrogen-bond acceptors (Lipinski definition) is 6. The quantitative estimate of drug-likeness (QED) is 0.252. The lowest BCUT2D eigenvalue weighted by atomic mass is 9.98. The second-order valence-electron chi connectivity index (χ2n) is 9.02. The molecule has 1 saturated heterocycles. The van der Waals surface area contributed by atoms with Crippen molar-refractivity contribution in [3.63, 3.8) is 0 Å². The summed E-state index contributed by atoms with van der Waals surface area (Å²) < 4.78 is 11.6. The molecule has 0 radical (unpaired) electrons. The minimum Gasteiger partial charge on any atom is -0.457 e. The number of nitrogens with zero attached hydrogens (tertiary/aromatic N) is 2. The van der Waals surface area contributed by atoms with Crippen LogP contribution in [-0.4, -0.2) is 49.5 Å². The van der Waals surface area contributed by atoms with Crippen molar-refractivity contribution in [3.8, 4) is 11.5 Å². The lowest BCUT2D eigenvalue weighted by Crippen LogP contribution is -2.27. The topological polar surface area (TPSA) is 116 Å². The van der Waals surface area contributed by atoms with E-state index in [9.17, 15) is 10.2 Å². The molecule has 6 rings (SSSR count). The average molecular weight is 505 g/mol. The van der Waals surface area contributed by atoms with Gasteiger partial charge in [-0.1, -0.05) is 35.9 Å². The van der Waals surface area contributed by atoms with E-state index in [0.29, 0.717) is 39.9 Å². The molecular weight excluding hydrogens is 480 g/mol. The third-order valence-electron chi connectivity index (χ3n) is 6.70. The number of para-hydroxylation sites is 1. The van der Waals surface area contributed by atoms with E-state index in [1.165, 1.54) is 0 Å². The molecule has 4 heterocycles. The van der Waals surface area contributed by atoms with Crippen molar-refractivity contribution in [2.75, 3.05) is 13.2 Å². The van der Waals surface area contributed by atoms with Crippen molar-refractivity contribution >= 4 is 33.7 Å². The molecule has 4 N–H and O–H groups in total. The maximum absolute atomic E-state index is 11.4. The van der Waals surface area contributed by atoms with Gasteiger partial charge in [0.1, 0.15) is 34.6 Å². The van der Waals surface area contributed by atoms with Crippen molar-refractivity contribution < 1.29 is 19.7 Å². The molecule has 1 aliphatic heterocycles. The minimum absolute atomic E-state index is 0.0317. The van der Waals surface area contributed by atoms with E-state index in [0.717, 1.165) is 35.1 Å². The number of aromatic amines is 2. The fourth-order valence-electron chi connectivity index (χ4n) is 4.76. The number of ether oxygens (including phenoxy) is 2. The molecule has 1 aliphatic rings. The van der Waals surface area contributed by atoms with Crippen LogP contribution in [0.3, 0.4) is 0 Å². The van der Waals surface area contributed by atoms with Gasteiger partial charge >= 0.3 is 0 Å². The monoisotopic (exact) mass is 504 g/mol. The summed E-state index contributed by atoms with van der Waals surface area (Å²) in [6.07, 6.45) is 4.03. The summed E-state index contributed by atoms with van der Waals surface area (Å²) in [5.41, 5.74) is 3.35. The number of aliphatic hydroxyl groups excluding tert-OH is 2. The first-order valence-corrected chi connectivity index (χ1v) is 12.3. The molecule has 0 amide bonds. The van der Waals surface area contributed by atoms with E-state index in [4.69, 9.17) is 26.1 Å². The van der Waals surface area contributed by atoms with Gasteiger partial charge in [0.25, 0.3) is 0 Å². The van der Waals surface area contributed by atoms with Gasteiger partial charge in [0.15, 0.2) is 0 Å². The summed E-state index contributed by atoms with van der Waals surface area (Å²) in [6.45, 7) is 0.529. The average Bonchev–Trinajstić information content (AvgIpc) is 3.53. The van der Waals surface area contributed by atoms with Crippen molar-refractivity contribution in [1.82, 2.24) is 19.9 Å². The van der Waals surface area contributed by atoms with Crippen LogP contribution >= 0.6 is 11.6 Å². The predicted octanol–water partition coefficient (Wildman–Crippen LogP) is 5.22. The normalized spacial score (nSPS) is 19.1. The Morgan fingerprint density at radius 1 is 1.11 bits per heavy atom. The van der Waals surface area contributed by atoms with Gasteiger partial charge in [0.05, 0.1) is 41.4 Å². The Morgan fingerprint density at radius 2 is 1.97 bits per heavy atom. The molecule has 0 saturated carbocycles. The van der Waals surface area contributed by atoms with Crippen LogP contribution in [0.15, 0.2) is 60.9 Å². The lowest BCUT2D eigenvalue weighted by molar-refractivity contribution is -0.0280. The number of imidazole rings is 1. The third kappa shape index (κ3) is 4.22. The predicted molar refractivity (Wildman–Crippen MR) is 137 cm³/mol. The van der Waals surface area contributed by atoms with E-state index in [1.807, 2.05) is 30.3 Å². The number of rotatable bonds is 6. The molecule has 36 heavy (non-hydrogen) atoms. The molecule has 3 aromatic heterocycles. The van der Waals surface area contributed by atoms with E-state index in [2.05, 4.69) is 15.0 Å². The highest BCUT2D eigenvalue weighted by Crippen LogP contribution is 2.37. The van der Waals surface area contributed by atoms with Crippen molar-refractivity contribution in [2.45, 2.75) is 31.0 Å². The largest absolute Gasteiger partial charge is 0.457 e. The Labute approximate surface area is 211 Å². The molecule has 5 aromatic rings. The van der Waals surface area contributed by atoms with Gasteiger partial charge in [-0.2, -0.15) is 0 Å². The van der Waals surface area contributed by atoms with Crippen LogP contribution in [0.25, 0.3) is 22.1 Å². The Bertz CT molecular complexity index is 1510. The summed E-state index contributed by atoms with van der Waals surface area (Å²) in [7, 11) is 0. The maximum atomic E-state index is 11.4. The molecular formula is C27H25ClN4O4. The molecule has 1 fully saturated rings. The van der Waals surface area contributed by atoms with Gasteiger partial charge in [-0.25, -0.2) is 9.97 Å². The number of benzene rings is 2. The first-order chi connectivity index (χ1) is 17.6. The molecule has 3 atom stereocenters. The van der Waals surface area contributed by atoms with Crippen LogP contribution in [0, 0.1) is 0 Å². The molecule has 0 spiro atoms. The number of nitrogens with one attached hydrogen (secondary N) is 2. The van der Waals surface area contributed by atoms with Crippen LogP contribution in [-0.2, 0) is 4.74 Å². The molecule has 8 nitrogen and oxygen atoms in total.